The summed E-state index contributed by atoms with van der Waals surface area (Å²) < 4.78 is 26.1. The Balaban J connectivity index is 1.42. The van der Waals surface area contributed by atoms with Gasteiger partial charge in [0.15, 0.2) is 0 Å². The van der Waals surface area contributed by atoms with E-state index in [-0.39, 0.29) is 29.8 Å². The van der Waals surface area contributed by atoms with Gasteiger partial charge in [-0.25, -0.2) is 8.42 Å². The Bertz CT molecular complexity index is 1340. The molecule has 1 heterocycles. The molecule has 3 aromatic carbocycles. The third-order valence-corrected chi connectivity index (χ3v) is 7.07. The maximum absolute atomic E-state index is 13.0. The molecule has 34 heavy (non-hydrogen) atoms. The average molecular weight is 479 g/mol. The first-order chi connectivity index (χ1) is 16.3. The van der Waals surface area contributed by atoms with Crippen LogP contribution in [-0.2, 0) is 19.6 Å². The highest BCUT2D eigenvalue weighted by Crippen LogP contribution is 2.30. The Hall–Kier alpha value is -4.02. The predicted molar refractivity (Wildman–Crippen MR) is 128 cm³/mol. The van der Waals surface area contributed by atoms with Crippen molar-refractivity contribution in [3.8, 4) is 0 Å². The summed E-state index contributed by atoms with van der Waals surface area (Å²) in [7, 11) is -2.47. The van der Waals surface area contributed by atoms with Crippen molar-refractivity contribution in [3.05, 3.63) is 84.4 Å². The van der Waals surface area contributed by atoms with Crippen LogP contribution in [0.15, 0.2) is 83.8 Å². The SMILES string of the molecule is CN(CC(=O)Nc1ccc(C(=O)N2CC(=O)Nc3ccccc32)cc1)S(=O)(=O)c1ccccc1. The van der Waals surface area contributed by atoms with Crippen molar-refractivity contribution >= 4 is 44.8 Å². The van der Waals surface area contributed by atoms with Crippen LogP contribution in [-0.4, -0.2) is 50.6 Å². The number of nitrogens with one attached hydrogen (secondary N) is 2. The molecule has 0 saturated carbocycles. The number of amides is 3. The number of rotatable bonds is 6. The quantitative estimate of drug-likeness (QED) is 0.565. The Labute approximate surface area is 197 Å². The number of carbonyl (C=O) groups is 3. The summed E-state index contributed by atoms with van der Waals surface area (Å²) in [5, 5.41) is 5.37. The summed E-state index contributed by atoms with van der Waals surface area (Å²) in [4.78, 5) is 38.9. The van der Waals surface area contributed by atoms with Gasteiger partial charge >= 0.3 is 0 Å². The third kappa shape index (κ3) is 4.82. The van der Waals surface area contributed by atoms with Crippen LogP contribution in [0.3, 0.4) is 0 Å². The van der Waals surface area contributed by atoms with Gasteiger partial charge in [-0.1, -0.05) is 30.3 Å². The van der Waals surface area contributed by atoms with Crippen molar-refractivity contribution in [3.63, 3.8) is 0 Å². The zero-order chi connectivity index (χ0) is 24.3. The molecule has 1 aliphatic rings. The van der Waals surface area contributed by atoms with Crippen molar-refractivity contribution in [2.24, 2.45) is 0 Å². The molecule has 0 aliphatic carbocycles. The predicted octanol–water partition coefficient (Wildman–Crippen LogP) is 2.54. The van der Waals surface area contributed by atoms with E-state index >= 15 is 0 Å². The number of sulfonamides is 1. The topological polar surface area (TPSA) is 116 Å². The highest BCUT2D eigenvalue weighted by Gasteiger charge is 2.27. The standard InChI is InChI=1S/C24H22N4O5S/c1-27(34(32,33)19-7-3-2-4-8-19)15-22(29)25-18-13-11-17(12-14-18)24(31)28-16-23(30)26-20-9-5-6-10-21(20)28/h2-14H,15-16H2,1H3,(H,25,29)(H,26,30). The van der Waals surface area contributed by atoms with Gasteiger partial charge in [0.2, 0.25) is 21.8 Å². The minimum Gasteiger partial charge on any atom is -0.325 e. The normalized spacial score (nSPS) is 13.2. The lowest BCUT2D eigenvalue weighted by Gasteiger charge is -2.29. The molecule has 0 radical (unpaired) electrons. The fourth-order valence-electron chi connectivity index (χ4n) is 3.53. The van der Waals surface area contributed by atoms with Crippen LogP contribution >= 0.6 is 0 Å². The molecule has 0 unspecified atom stereocenters. The third-order valence-electron chi connectivity index (χ3n) is 5.25. The van der Waals surface area contributed by atoms with Gasteiger partial charge in [-0.15, -0.1) is 0 Å². The van der Waals surface area contributed by atoms with Gasteiger partial charge in [-0.05, 0) is 48.5 Å². The van der Waals surface area contributed by atoms with E-state index in [2.05, 4.69) is 10.6 Å². The first kappa shape index (κ1) is 23.1. The number of likely N-dealkylation sites (N-methyl/N-ethyl adjacent to an activating group) is 1. The minimum absolute atomic E-state index is 0.0983. The monoisotopic (exact) mass is 478 g/mol. The van der Waals surface area contributed by atoms with Crippen LogP contribution in [0.5, 0.6) is 0 Å². The van der Waals surface area contributed by atoms with Crippen LogP contribution in [0, 0.1) is 0 Å². The van der Waals surface area contributed by atoms with E-state index in [1.807, 2.05) is 0 Å². The Morgan fingerprint density at radius 2 is 1.62 bits per heavy atom. The van der Waals surface area contributed by atoms with E-state index in [0.29, 0.717) is 22.6 Å². The molecule has 0 atom stereocenters. The molecular weight excluding hydrogens is 456 g/mol. The van der Waals surface area contributed by atoms with E-state index < -0.39 is 15.9 Å². The lowest BCUT2D eigenvalue weighted by Crippen LogP contribution is -2.42. The Kier molecular flexibility index (Phi) is 6.44. The molecular formula is C24H22N4O5S. The molecule has 174 valence electrons. The van der Waals surface area contributed by atoms with Crippen molar-refractivity contribution in [1.29, 1.82) is 0 Å². The summed E-state index contributed by atoms with van der Waals surface area (Å²) >= 11 is 0. The van der Waals surface area contributed by atoms with Crippen LogP contribution in [0.25, 0.3) is 0 Å². The second-order valence-corrected chi connectivity index (χ2v) is 9.70. The fraction of sp³-hybridized carbons (Fsp3) is 0.125. The fourth-order valence-corrected chi connectivity index (χ4v) is 4.67. The molecule has 4 rings (SSSR count). The molecule has 2 N–H and O–H groups in total. The van der Waals surface area contributed by atoms with E-state index in [9.17, 15) is 22.8 Å². The molecule has 0 saturated heterocycles. The molecule has 9 nitrogen and oxygen atoms in total. The van der Waals surface area contributed by atoms with Gasteiger partial charge in [-0.3, -0.25) is 19.3 Å². The van der Waals surface area contributed by atoms with Crippen molar-refractivity contribution < 1.29 is 22.8 Å². The highest BCUT2D eigenvalue weighted by atomic mass is 32.2. The Morgan fingerprint density at radius 1 is 0.971 bits per heavy atom. The van der Waals surface area contributed by atoms with Crippen LogP contribution in [0.2, 0.25) is 0 Å². The summed E-state index contributed by atoms with van der Waals surface area (Å²) in [5.41, 5.74) is 1.91. The van der Waals surface area contributed by atoms with Gasteiger partial charge in [0.25, 0.3) is 5.91 Å². The molecule has 10 heteroatoms. The van der Waals surface area contributed by atoms with Crippen molar-refractivity contribution in [1.82, 2.24) is 4.31 Å². The first-order valence-corrected chi connectivity index (χ1v) is 11.8. The first-order valence-electron chi connectivity index (χ1n) is 10.4. The summed E-state index contributed by atoms with van der Waals surface area (Å²) in [6.45, 7) is -0.478. The number of benzene rings is 3. The van der Waals surface area contributed by atoms with E-state index in [1.54, 1.807) is 54.6 Å². The summed E-state index contributed by atoms with van der Waals surface area (Å²) in [6, 6.07) is 21.1. The van der Waals surface area contributed by atoms with Crippen molar-refractivity contribution in [2.45, 2.75) is 4.90 Å². The number of anilines is 3. The van der Waals surface area contributed by atoms with Crippen LogP contribution < -0.4 is 15.5 Å². The molecule has 0 bridgehead atoms. The number of carbonyl (C=O) groups excluding carboxylic acids is 3. The van der Waals surface area contributed by atoms with Crippen LogP contribution in [0.1, 0.15) is 10.4 Å². The van der Waals surface area contributed by atoms with Crippen molar-refractivity contribution in [2.75, 3.05) is 35.7 Å². The van der Waals surface area contributed by atoms with Gasteiger partial charge in [0.05, 0.1) is 22.8 Å². The largest absolute Gasteiger partial charge is 0.325 e. The number of hydrogen-bond acceptors (Lipinski definition) is 5. The zero-order valence-electron chi connectivity index (χ0n) is 18.3. The van der Waals surface area contributed by atoms with Crippen LogP contribution in [0.4, 0.5) is 17.1 Å². The molecule has 1 aliphatic heterocycles. The molecule has 0 aromatic heterocycles. The number of nitrogens with zero attached hydrogens (tertiary/aromatic N) is 2. The maximum atomic E-state index is 13.0. The summed E-state index contributed by atoms with van der Waals surface area (Å²) in [6.07, 6.45) is 0. The van der Waals surface area contributed by atoms with Gasteiger partial charge in [0, 0.05) is 18.3 Å². The second kappa shape index (κ2) is 9.46. The van der Waals surface area contributed by atoms with E-state index in [1.165, 1.54) is 36.2 Å². The van der Waals surface area contributed by atoms with Gasteiger partial charge in [0.1, 0.15) is 6.54 Å². The van der Waals surface area contributed by atoms with E-state index in [0.717, 1.165) is 4.31 Å². The Morgan fingerprint density at radius 3 is 2.32 bits per heavy atom. The summed E-state index contributed by atoms with van der Waals surface area (Å²) in [5.74, 6) is -1.16. The molecule has 3 amide bonds. The lowest BCUT2D eigenvalue weighted by molar-refractivity contribution is -0.116. The minimum atomic E-state index is -3.80. The second-order valence-electron chi connectivity index (χ2n) is 7.66. The zero-order valence-corrected chi connectivity index (χ0v) is 19.1. The van der Waals surface area contributed by atoms with Gasteiger partial charge in [-0.2, -0.15) is 4.31 Å². The molecule has 0 fully saturated rings. The van der Waals surface area contributed by atoms with Gasteiger partial charge < -0.3 is 10.6 Å². The number of fused-ring (bicyclic) bond motifs is 1. The number of para-hydroxylation sites is 2. The highest BCUT2D eigenvalue weighted by molar-refractivity contribution is 7.89. The lowest BCUT2D eigenvalue weighted by atomic mass is 10.1. The molecule has 3 aromatic rings. The number of hydrogen-bond donors (Lipinski definition) is 2. The smallest absolute Gasteiger partial charge is 0.258 e. The maximum Gasteiger partial charge on any atom is 0.258 e. The average Bonchev–Trinajstić information content (AvgIpc) is 2.84. The molecule has 0 spiro atoms. The van der Waals surface area contributed by atoms with E-state index in [4.69, 9.17) is 0 Å².